The van der Waals surface area contributed by atoms with Crippen LogP contribution < -0.4 is 5.19 Å². The van der Waals surface area contributed by atoms with Gasteiger partial charge >= 0.3 is 0 Å². The van der Waals surface area contributed by atoms with Crippen LogP contribution in [0, 0.1) is 5.92 Å². The number of hydrogen-bond donors (Lipinski definition) is 1. The van der Waals surface area contributed by atoms with Gasteiger partial charge in [-0.3, -0.25) is 0 Å². The lowest BCUT2D eigenvalue weighted by molar-refractivity contribution is 0.195. The van der Waals surface area contributed by atoms with Crippen LogP contribution in [0.3, 0.4) is 0 Å². The van der Waals surface area contributed by atoms with Crippen LogP contribution in [-0.4, -0.2) is 19.3 Å². The molecule has 0 aliphatic rings. The van der Waals surface area contributed by atoms with E-state index in [1.807, 2.05) is 12.1 Å². The highest BCUT2D eigenvalue weighted by molar-refractivity contribution is 6.93. The molecule has 1 rings (SSSR count). The number of benzene rings is 1. The van der Waals surface area contributed by atoms with Gasteiger partial charge < -0.3 is 5.11 Å². The molecule has 1 unspecified atom stereocenters. The van der Waals surface area contributed by atoms with Crippen LogP contribution in [0.25, 0.3) is 0 Å². The minimum atomic E-state index is -1.53. The Balaban J connectivity index is 2.69. The normalized spacial score (nSPS) is 14.5. The van der Waals surface area contributed by atoms with Gasteiger partial charge in [0, 0.05) is 0 Å². The molecule has 0 radical (unpaired) electrons. The molecule has 1 aromatic carbocycles. The molecule has 1 nitrogen and oxygen atoms in total. The highest BCUT2D eigenvalue weighted by Crippen LogP contribution is 2.09. The minimum Gasteiger partial charge on any atom is -0.389 e. The first kappa shape index (κ1) is 14.2. The maximum Gasteiger partial charge on any atom is 0.103 e. The van der Waals surface area contributed by atoms with E-state index in [9.17, 15) is 5.11 Å². The average Bonchev–Trinajstić information content (AvgIpc) is 2.27. The summed E-state index contributed by atoms with van der Waals surface area (Å²) in [5.74, 6) is 0.538. The zero-order valence-electron chi connectivity index (χ0n) is 11.4. The van der Waals surface area contributed by atoms with E-state index in [2.05, 4.69) is 56.9 Å². The van der Waals surface area contributed by atoms with Crippen molar-refractivity contribution in [3.8, 4) is 0 Å². The van der Waals surface area contributed by atoms with Gasteiger partial charge in [-0.15, -0.1) is 0 Å². The van der Waals surface area contributed by atoms with Gasteiger partial charge in [-0.05, 0) is 12.3 Å². The third-order valence-electron chi connectivity index (χ3n) is 2.97. The van der Waals surface area contributed by atoms with E-state index in [0.717, 1.165) is 6.42 Å². The first-order valence-corrected chi connectivity index (χ1v) is 9.42. The van der Waals surface area contributed by atoms with Crippen molar-refractivity contribution in [3.63, 3.8) is 0 Å². The molecule has 0 aliphatic heterocycles. The van der Waals surface area contributed by atoms with E-state index < -0.39 is 8.07 Å². The molecule has 1 N–H and O–H groups in total. The van der Waals surface area contributed by atoms with Gasteiger partial charge in [0.2, 0.25) is 0 Å². The molecule has 2 heteroatoms. The molecule has 0 amide bonds. The summed E-state index contributed by atoms with van der Waals surface area (Å²) in [4.78, 5) is 0. The maximum atomic E-state index is 9.87. The number of aliphatic hydroxyl groups is 1. The molecular formula is C15H24OSi. The summed E-state index contributed by atoms with van der Waals surface area (Å²) in [6, 6.07) is 10.6. The molecule has 0 aliphatic carbocycles. The van der Waals surface area contributed by atoms with Crippen LogP contribution in [0.2, 0.25) is 13.1 Å². The fourth-order valence-electron chi connectivity index (χ4n) is 1.88. The molecule has 1 atom stereocenters. The smallest absolute Gasteiger partial charge is 0.103 e. The van der Waals surface area contributed by atoms with Crippen molar-refractivity contribution in [2.45, 2.75) is 39.5 Å². The van der Waals surface area contributed by atoms with Gasteiger partial charge in [-0.2, -0.15) is 0 Å². The van der Waals surface area contributed by atoms with Crippen LogP contribution in [0.4, 0.5) is 0 Å². The molecular weight excluding hydrogens is 224 g/mol. The highest BCUT2D eigenvalue weighted by Gasteiger charge is 2.19. The fraction of sp³-hybridized carbons (Fsp3) is 0.467. The van der Waals surface area contributed by atoms with E-state index in [0.29, 0.717) is 5.92 Å². The topological polar surface area (TPSA) is 20.2 Å². The zero-order valence-corrected chi connectivity index (χ0v) is 12.4. The molecule has 0 fully saturated rings. The Morgan fingerprint density at radius 3 is 2.29 bits per heavy atom. The van der Waals surface area contributed by atoms with Crippen LogP contribution in [0.15, 0.2) is 42.1 Å². The van der Waals surface area contributed by atoms with Crippen molar-refractivity contribution in [1.82, 2.24) is 0 Å². The van der Waals surface area contributed by atoms with Gasteiger partial charge in [0.15, 0.2) is 0 Å². The molecule has 1 aromatic rings. The lowest BCUT2D eigenvalue weighted by Gasteiger charge is -2.19. The van der Waals surface area contributed by atoms with Gasteiger partial charge in [0.25, 0.3) is 0 Å². The van der Waals surface area contributed by atoms with Gasteiger partial charge in [0.1, 0.15) is 8.07 Å². The second kappa shape index (κ2) is 6.17. The Hall–Kier alpha value is -0.863. The lowest BCUT2D eigenvalue weighted by atomic mass is 10.1. The third-order valence-corrected chi connectivity index (χ3v) is 5.81. The standard InChI is InChI=1S/C15H24OSi/c1-13(2)12-14(16)10-11-17(3,4)15-8-6-5-7-9-15/h5-11,13-14,16H,12H2,1-4H3/b11-10+. The number of rotatable bonds is 5. The third kappa shape index (κ3) is 4.88. The summed E-state index contributed by atoms with van der Waals surface area (Å²) in [6.07, 6.45) is 2.53. The Morgan fingerprint density at radius 1 is 1.18 bits per heavy atom. The lowest BCUT2D eigenvalue weighted by Crippen LogP contribution is -2.39. The zero-order chi connectivity index (χ0) is 12.9. The summed E-state index contributed by atoms with van der Waals surface area (Å²) in [6.45, 7) is 8.88. The second-order valence-corrected chi connectivity index (χ2v) is 10.00. The van der Waals surface area contributed by atoms with Gasteiger partial charge in [-0.25, -0.2) is 0 Å². The predicted molar refractivity (Wildman–Crippen MR) is 78.2 cm³/mol. The fourth-order valence-corrected chi connectivity index (χ4v) is 3.82. The van der Waals surface area contributed by atoms with Gasteiger partial charge in [-0.1, -0.05) is 74.2 Å². The van der Waals surface area contributed by atoms with E-state index in [4.69, 9.17) is 0 Å². The first-order chi connectivity index (χ1) is 7.92. The summed E-state index contributed by atoms with van der Waals surface area (Å²) < 4.78 is 0. The van der Waals surface area contributed by atoms with Crippen molar-refractivity contribution in [3.05, 3.63) is 42.1 Å². The Labute approximate surface area is 106 Å². The SMILES string of the molecule is CC(C)CC(O)/C=C/[Si](C)(C)c1ccccc1. The molecule has 0 aromatic heterocycles. The van der Waals surface area contributed by atoms with E-state index in [-0.39, 0.29) is 6.10 Å². The minimum absolute atomic E-state index is 0.300. The van der Waals surface area contributed by atoms with E-state index in [1.54, 1.807) is 0 Å². The van der Waals surface area contributed by atoms with Crippen LogP contribution in [0.5, 0.6) is 0 Å². The molecule has 0 spiro atoms. The van der Waals surface area contributed by atoms with Crippen LogP contribution >= 0.6 is 0 Å². The largest absolute Gasteiger partial charge is 0.389 e. The summed E-state index contributed by atoms with van der Waals surface area (Å²) in [7, 11) is -1.53. The molecule has 0 bridgehead atoms. The van der Waals surface area contributed by atoms with Crippen molar-refractivity contribution in [2.24, 2.45) is 5.92 Å². The Kier molecular flexibility index (Phi) is 5.16. The monoisotopic (exact) mass is 248 g/mol. The summed E-state index contributed by atoms with van der Waals surface area (Å²) in [5.41, 5.74) is 2.25. The van der Waals surface area contributed by atoms with E-state index >= 15 is 0 Å². The van der Waals surface area contributed by atoms with Crippen molar-refractivity contribution < 1.29 is 5.11 Å². The Morgan fingerprint density at radius 2 is 1.76 bits per heavy atom. The number of aliphatic hydroxyl groups excluding tert-OH is 1. The molecule has 0 heterocycles. The van der Waals surface area contributed by atoms with Gasteiger partial charge in [0.05, 0.1) is 6.10 Å². The van der Waals surface area contributed by atoms with Crippen molar-refractivity contribution in [1.29, 1.82) is 0 Å². The Bertz CT molecular complexity index is 354. The molecule has 94 valence electrons. The number of hydrogen-bond acceptors (Lipinski definition) is 1. The summed E-state index contributed by atoms with van der Waals surface area (Å²) >= 11 is 0. The highest BCUT2D eigenvalue weighted by atomic mass is 28.3. The van der Waals surface area contributed by atoms with E-state index in [1.165, 1.54) is 5.19 Å². The average molecular weight is 248 g/mol. The predicted octanol–water partition coefficient (Wildman–Crippen LogP) is 3.10. The van der Waals surface area contributed by atoms with Crippen molar-refractivity contribution >= 4 is 13.3 Å². The molecule has 17 heavy (non-hydrogen) atoms. The second-order valence-electron chi connectivity index (χ2n) is 5.64. The van der Waals surface area contributed by atoms with Crippen molar-refractivity contribution in [2.75, 3.05) is 0 Å². The summed E-state index contributed by atoms with van der Waals surface area (Å²) in [5, 5.41) is 11.3. The quantitative estimate of drug-likeness (QED) is 0.794. The van der Waals surface area contributed by atoms with Crippen LogP contribution in [0.1, 0.15) is 20.3 Å². The maximum absolute atomic E-state index is 9.87. The molecule has 0 saturated heterocycles. The first-order valence-electron chi connectivity index (χ1n) is 6.35. The van der Waals surface area contributed by atoms with Crippen LogP contribution in [-0.2, 0) is 0 Å². The molecule has 0 saturated carbocycles.